The van der Waals surface area contributed by atoms with Crippen LogP contribution in [0.4, 0.5) is 5.13 Å². The van der Waals surface area contributed by atoms with Gasteiger partial charge in [0.05, 0.1) is 17.0 Å². The molecule has 0 saturated heterocycles. The van der Waals surface area contributed by atoms with Crippen LogP contribution in [0.2, 0.25) is 0 Å². The Hall–Kier alpha value is -3.30. The Balaban J connectivity index is 1.29. The van der Waals surface area contributed by atoms with Crippen molar-refractivity contribution in [3.05, 3.63) is 60.0 Å². The summed E-state index contributed by atoms with van der Waals surface area (Å²) in [7, 11) is 0. The molecule has 1 amide bonds. The largest absolute Gasteiger partial charge is 0.324 e. The van der Waals surface area contributed by atoms with Gasteiger partial charge in [-0.25, -0.2) is 9.97 Å². The predicted molar refractivity (Wildman–Crippen MR) is 125 cm³/mol. The number of hydrogen-bond acceptors (Lipinski definition) is 7. The van der Waals surface area contributed by atoms with Gasteiger partial charge < -0.3 is 9.88 Å². The number of aryl methyl sites for hydroxylation is 1. The number of amides is 1. The molecule has 154 valence electrons. The van der Waals surface area contributed by atoms with Crippen LogP contribution in [0.1, 0.15) is 6.92 Å². The molecule has 0 aliphatic heterocycles. The van der Waals surface area contributed by atoms with Crippen LogP contribution in [0.15, 0.2) is 65.1 Å². The van der Waals surface area contributed by atoms with Crippen molar-refractivity contribution in [3.63, 3.8) is 0 Å². The van der Waals surface area contributed by atoms with E-state index in [4.69, 9.17) is 0 Å². The van der Waals surface area contributed by atoms with Crippen LogP contribution in [0.3, 0.4) is 0 Å². The number of anilines is 1. The molecule has 0 aliphatic carbocycles. The lowest BCUT2D eigenvalue weighted by molar-refractivity contribution is -0.113. The summed E-state index contributed by atoms with van der Waals surface area (Å²) in [5.41, 5.74) is 4.52. The van der Waals surface area contributed by atoms with Crippen LogP contribution >= 0.6 is 23.1 Å². The molecule has 5 aromatic rings. The number of hydrogen-bond donors (Lipinski definition) is 1. The first-order chi connectivity index (χ1) is 15.2. The fourth-order valence-electron chi connectivity index (χ4n) is 3.43. The summed E-state index contributed by atoms with van der Waals surface area (Å²) in [6.45, 7) is 2.85. The highest BCUT2D eigenvalue weighted by atomic mass is 32.2. The van der Waals surface area contributed by atoms with Gasteiger partial charge in [0.15, 0.2) is 10.8 Å². The smallest absolute Gasteiger partial charge is 0.236 e. The molecular formula is C22H18N6OS2. The van der Waals surface area contributed by atoms with Crippen molar-refractivity contribution in [3.8, 4) is 11.3 Å². The van der Waals surface area contributed by atoms with Crippen molar-refractivity contribution >= 4 is 56.2 Å². The van der Waals surface area contributed by atoms with E-state index in [-0.39, 0.29) is 11.7 Å². The molecule has 9 heteroatoms. The Morgan fingerprint density at radius 3 is 2.71 bits per heavy atom. The Morgan fingerprint density at radius 2 is 1.87 bits per heavy atom. The van der Waals surface area contributed by atoms with Crippen molar-refractivity contribution < 1.29 is 4.79 Å². The maximum absolute atomic E-state index is 12.4. The van der Waals surface area contributed by atoms with E-state index >= 15 is 0 Å². The first kappa shape index (κ1) is 19.7. The van der Waals surface area contributed by atoms with E-state index in [1.807, 2.05) is 53.9 Å². The fraction of sp³-hybridized carbons (Fsp3) is 0.136. The minimum absolute atomic E-state index is 0.154. The standard InChI is InChI=1S/C22H18N6OS2/c1-2-28-17-11-7-6-10-15(17)19-20(28)25-22(27-26-19)31-13-18(29)24-21-23-16(12-30-21)14-8-4-3-5-9-14/h3-12H,2,13H2,1H3,(H,23,24,29). The Kier molecular flexibility index (Phi) is 5.35. The first-order valence-corrected chi connectivity index (χ1v) is 11.6. The maximum atomic E-state index is 12.4. The predicted octanol–water partition coefficient (Wildman–Crippen LogP) is 4.85. The van der Waals surface area contributed by atoms with E-state index in [1.165, 1.54) is 23.1 Å². The monoisotopic (exact) mass is 446 g/mol. The lowest BCUT2D eigenvalue weighted by Gasteiger charge is -2.03. The molecule has 3 aromatic heterocycles. The summed E-state index contributed by atoms with van der Waals surface area (Å²) in [6.07, 6.45) is 0. The van der Waals surface area contributed by atoms with Gasteiger partial charge in [0.2, 0.25) is 11.1 Å². The number of benzene rings is 2. The van der Waals surface area contributed by atoms with Crippen LogP contribution in [0.5, 0.6) is 0 Å². The molecule has 3 heterocycles. The van der Waals surface area contributed by atoms with Gasteiger partial charge in [0.25, 0.3) is 0 Å². The summed E-state index contributed by atoms with van der Waals surface area (Å²) >= 11 is 2.67. The number of carbonyl (C=O) groups excluding carboxylic acids is 1. The highest BCUT2D eigenvalue weighted by Crippen LogP contribution is 2.27. The average molecular weight is 447 g/mol. The molecule has 0 spiro atoms. The molecule has 31 heavy (non-hydrogen) atoms. The molecule has 0 aliphatic rings. The van der Waals surface area contributed by atoms with E-state index in [9.17, 15) is 4.79 Å². The van der Waals surface area contributed by atoms with Gasteiger partial charge in [0, 0.05) is 22.9 Å². The Labute approximate surface area is 186 Å². The van der Waals surface area contributed by atoms with Crippen LogP contribution in [0, 0.1) is 0 Å². The van der Waals surface area contributed by atoms with E-state index in [0.29, 0.717) is 10.3 Å². The molecule has 1 N–H and O–H groups in total. The van der Waals surface area contributed by atoms with E-state index in [2.05, 4.69) is 43.0 Å². The fourth-order valence-corrected chi connectivity index (χ4v) is 4.75. The molecule has 2 aromatic carbocycles. The zero-order chi connectivity index (χ0) is 21.2. The van der Waals surface area contributed by atoms with Crippen LogP contribution < -0.4 is 5.32 Å². The number of nitrogens with zero attached hydrogens (tertiary/aromatic N) is 5. The van der Waals surface area contributed by atoms with Crippen LogP contribution in [0.25, 0.3) is 33.3 Å². The van der Waals surface area contributed by atoms with Crippen molar-refractivity contribution in [1.29, 1.82) is 0 Å². The maximum Gasteiger partial charge on any atom is 0.236 e. The van der Waals surface area contributed by atoms with Gasteiger partial charge in [-0.3, -0.25) is 4.79 Å². The van der Waals surface area contributed by atoms with Gasteiger partial charge in [-0.1, -0.05) is 60.3 Å². The zero-order valence-corrected chi connectivity index (χ0v) is 18.3. The molecule has 0 bridgehead atoms. The number of fused-ring (bicyclic) bond motifs is 3. The number of carbonyl (C=O) groups is 1. The highest BCUT2D eigenvalue weighted by molar-refractivity contribution is 7.99. The van der Waals surface area contributed by atoms with Gasteiger partial charge in [-0.2, -0.15) is 0 Å². The molecule has 0 radical (unpaired) electrons. The minimum atomic E-state index is -0.154. The number of rotatable bonds is 6. The Bertz CT molecular complexity index is 1380. The van der Waals surface area contributed by atoms with Crippen LogP contribution in [-0.4, -0.2) is 36.4 Å². The van der Waals surface area contributed by atoms with Gasteiger partial charge in [-0.05, 0) is 13.0 Å². The van der Waals surface area contributed by atoms with E-state index < -0.39 is 0 Å². The molecule has 0 unspecified atom stereocenters. The molecule has 0 fully saturated rings. The molecule has 7 nitrogen and oxygen atoms in total. The number of aromatic nitrogens is 5. The molecule has 5 rings (SSSR count). The summed E-state index contributed by atoms with van der Waals surface area (Å²) in [6, 6.07) is 17.9. The van der Waals surface area contributed by atoms with Gasteiger partial charge >= 0.3 is 0 Å². The number of nitrogens with one attached hydrogen (secondary N) is 1. The molecule has 0 saturated carbocycles. The third-order valence-electron chi connectivity index (χ3n) is 4.82. The van der Waals surface area contributed by atoms with Crippen molar-refractivity contribution in [2.75, 3.05) is 11.1 Å². The second-order valence-corrected chi connectivity index (χ2v) is 8.57. The van der Waals surface area contributed by atoms with Crippen molar-refractivity contribution in [1.82, 2.24) is 24.7 Å². The summed E-state index contributed by atoms with van der Waals surface area (Å²) in [5.74, 6) is 0.0264. The summed E-state index contributed by atoms with van der Waals surface area (Å²) < 4.78 is 2.12. The zero-order valence-electron chi connectivity index (χ0n) is 16.6. The lowest BCUT2D eigenvalue weighted by atomic mass is 10.2. The van der Waals surface area contributed by atoms with E-state index in [1.54, 1.807) is 0 Å². The number of para-hydroxylation sites is 1. The van der Waals surface area contributed by atoms with Crippen LogP contribution in [-0.2, 0) is 11.3 Å². The number of thiazole rings is 1. The third-order valence-corrected chi connectivity index (χ3v) is 6.42. The average Bonchev–Trinajstić information content (AvgIpc) is 3.40. The van der Waals surface area contributed by atoms with E-state index in [0.717, 1.165) is 39.9 Å². The highest BCUT2D eigenvalue weighted by Gasteiger charge is 2.15. The Morgan fingerprint density at radius 1 is 1.06 bits per heavy atom. The second kappa shape index (κ2) is 8.44. The summed E-state index contributed by atoms with van der Waals surface area (Å²) in [4.78, 5) is 21.6. The topological polar surface area (TPSA) is 85.6 Å². The van der Waals surface area contributed by atoms with Crippen molar-refractivity contribution in [2.45, 2.75) is 18.6 Å². The second-order valence-electron chi connectivity index (χ2n) is 6.77. The minimum Gasteiger partial charge on any atom is -0.324 e. The molecular weight excluding hydrogens is 428 g/mol. The SMILES string of the molecule is CCn1c2ccccc2c2nnc(SCC(=O)Nc3nc(-c4ccccc4)cs3)nc21. The van der Waals surface area contributed by atoms with Gasteiger partial charge in [-0.15, -0.1) is 21.5 Å². The quantitative estimate of drug-likeness (QED) is 0.375. The van der Waals surface area contributed by atoms with Gasteiger partial charge in [0.1, 0.15) is 5.52 Å². The molecule has 0 atom stereocenters. The first-order valence-electron chi connectivity index (χ1n) is 9.78. The summed E-state index contributed by atoms with van der Waals surface area (Å²) in [5, 5.41) is 15.5. The van der Waals surface area contributed by atoms with Crippen molar-refractivity contribution in [2.24, 2.45) is 0 Å². The normalized spacial score (nSPS) is 11.3. The lowest BCUT2D eigenvalue weighted by Crippen LogP contribution is -2.14. The third kappa shape index (κ3) is 3.89. The number of thioether (sulfide) groups is 1.